The van der Waals surface area contributed by atoms with Crippen molar-refractivity contribution in [3.63, 3.8) is 0 Å². The number of rotatable bonds is 5. The predicted molar refractivity (Wildman–Crippen MR) is 102 cm³/mol. The minimum Gasteiger partial charge on any atom is -0.387 e. The molecule has 3 heterocycles. The van der Waals surface area contributed by atoms with E-state index in [9.17, 15) is 9.90 Å². The molecular formula is C20H25N5O2. The van der Waals surface area contributed by atoms with E-state index in [0.717, 1.165) is 42.1 Å². The second-order valence-corrected chi connectivity index (χ2v) is 7.08. The van der Waals surface area contributed by atoms with Gasteiger partial charge in [0.15, 0.2) is 0 Å². The van der Waals surface area contributed by atoms with E-state index >= 15 is 0 Å². The first kappa shape index (κ1) is 17.7. The highest BCUT2D eigenvalue weighted by molar-refractivity contribution is 5.77. The van der Waals surface area contributed by atoms with Crippen LogP contribution in [0, 0.1) is 0 Å². The lowest BCUT2D eigenvalue weighted by atomic mass is 10.2. The van der Waals surface area contributed by atoms with Gasteiger partial charge in [-0.05, 0) is 31.0 Å². The van der Waals surface area contributed by atoms with E-state index in [-0.39, 0.29) is 5.91 Å². The number of imidazole rings is 1. The van der Waals surface area contributed by atoms with E-state index < -0.39 is 6.10 Å². The minimum absolute atomic E-state index is 0.127. The third-order valence-electron chi connectivity index (χ3n) is 5.13. The van der Waals surface area contributed by atoms with Crippen LogP contribution in [-0.2, 0) is 24.3 Å². The molecule has 3 aromatic rings. The van der Waals surface area contributed by atoms with E-state index in [4.69, 9.17) is 0 Å². The minimum atomic E-state index is -0.540. The number of H-pyrrole nitrogens is 1. The molecule has 1 aliphatic rings. The van der Waals surface area contributed by atoms with Crippen LogP contribution in [0.2, 0.25) is 0 Å². The van der Waals surface area contributed by atoms with Gasteiger partial charge in [-0.1, -0.05) is 19.1 Å². The molecule has 7 nitrogen and oxygen atoms in total. The Labute approximate surface area is 158 Å². The zero-order valence-corrected chi connectivity index (χ0v) is 15.6. The molecule has 0 saturated carbocycles. The molecular weight excluding hydrogens is 342 g/mol. The number of aliphatic hydroxyl groups excluding tert-OH is 1. The van der Waals surface area contributed by atoms with Crippen molar-refractivity contribution in [3.8, 4) is 0 Å². The summed E-state index contributed by atoms with van der Waals surface area (Å²) in [5.74, 6) is 0.973. The van der Waals surface area contributed by atoms with Crippen molar-refractivity contribution in [2.75, 3.05) is 6.54 Å². The number of benzene rings is 1. The van der Waals surface area contributed by atoms with Crippen molar-refractivity contribution in [2.24, 2.45) is 0 Å². The van der Waals surface area contributed by atoms with Crippen molar-refractivity contribution >= 4 is 16.9 Å². The van der Waals surface area contributed by atoms with Gasteiger partial charge in [-0.25, -0.2) is 4.98 Å². The summed E-state index contributed by atoms with van der Waals surface area (Å²) in [6.45, 7) is 3.98. The normalized spacial score (nSPS) is 15.6. The summed E-state index contributed by atoms with van der Waals surface area (Å²) in [6.07, 6.45) is 1.99. The predicted octanol–water partition coefficient (Wildman–Crippen LogP) is 2.57. The first-order chi connectivity index (χ1) is 13.1. The molecule has 1 amide bonds. The lowest BCUT2D eigenvalue weighted by Crippen LogP contribution is -2.30. The summed E-state index contributed by atoms with van der Waals surface area (Å²) in [5, 5.41) is 14.5. The Hall–Kier alpha value is -2.67. The lowest BCUT2D eigenvalue weighted by Gasteiger charge is -2.19. The van der Waals surface area contributed by atoms with Crippen LogP contribution in [0.4, 0.5) is 0 Å². The molecule has 0 bridgehead atoms. The van der Waals surface area contributed by atoms with E-state index in [0.29, 0.717) is 31.5 Å². The Balaban J connectivity index is 1.41. The van der Waals surface area contributed by atoms with Crippen LogP contribution < -0.4 is 0 Å². The summed E-state index contributed by atoms with van der Waals surface area (Å²) in [5.41, 5.74) is 3.62. The number of hydrogen-bond acceptors (Lipinski definition) is 4. The molecule has 2 N–H and O–H groups in total. The number of carbonyl (C=O) groups excluding carboxylic acids is 1. The summed E-state index contributed by atoms with van der Waals surface area (Å²) >= 11 is 0. The quantitative estimate of drug-likeness (QED) is 0.726. The fourth-order valence-electron chi connectivity index (χ4n) is 3.58. The van der Waals surface area contributed by atoms with Crippen LogP contribution in [-0.4, -0.2) is 42.2 Å². The Bertz CT molecular complexity index is 912. The van der Waals surface area contributed by atoms with Crippen LogP contribution in [0.3, 0.4) is 0 Å². The number of nitrogens with one attached hydrogen (secondary N) is 1. The number of carbonyl (C=O) groups is 1. The van der Waals surface area contributed by atoms with E-state index in [1.54, 1.807) is 0 Å². The van der Waals surface area contributed by atoms with Gasteiger partial charge in [-0.2, -0.15) is 5.10 Å². The highest BCUT2D eigenvalue weighted by Crippen LogP contribution is 2.20. The molecule has 0 spiro atoms. The molecule has 0 radical (unpaired) electrons. The molecule has 0 fully saturated rings. The third kappa shape index (κ3) is 3.73. The molecule has 1 aliphatic heterocycles. The van der Waals surface area contributed by atoms with Crippen LogP contribution in [0.5, 0.6) is 0 Å². The smallest absolute Gasteiger partial charge is 0.223 e. The van der Waals surface area contributed by atoms with Crippen LogP contribution >= 0.6 is 0 Å². The van der Waals surface area contributed by atoms with E-state index in [1.807, 2.05) is 46.8 Å². The Morgan fingerprint density at radius 1 is 1.33 bits per heavy atom. The zero-order valence-electron chi connectivity index (χ0n) is 15.6. The number of hydrogen-bond donors (Lipinski definition) is 2. The number of nitrogens with zero attached hydrogens (tertiary/aromatic N) is 4. The van der Waals surface area contributed by atoms with Gasteiger partial charge >= 0.3 is 0 Å². The number of aryl methyl sites for hydroxylation is 2. The lowest BCUT2D eigenvalue weighted by molar-refractivity contribution is -0.131. The molecule has 27 heavy (non-hydrogen) atoms. The monoisotopic (exact) mass is 367 g/mol. The number of aliphatic hydroxyl groups is 1. The molecule has 0 aliphatic carbocycles. The first-order valence-electron chi connectivity index (χ1n) is 9.60. The third-order valence-corrected chi connectivity index (χ3v) is 5.13. The van der Waals surface area contributed by atoms with Gasteiger partial charge < -0.3 is 15.0 Å². The highest BCUT2D eigenvalue weighted by atomic mass is 16.3. The number of aromatic nitrogens is 4. The summed E-state index contributed by atoms with van der Waals surface area (Å²) in [7, 11) is 0. The van der Waals surface area contributed by atoms with Crippen molar-refractivity contribution in [1.82, 2.24) is 24.6 Å². The SMILES string of the molecule is CC[C@@H](O)c1cc2n(n1)CCCN(C(=O)CCc1nc3ccccc3[nH]1)C2. The van der Waals surface area contributed by atoms with E-state index in [2.05, 4.69) is 15.1 Å². The first-order valence-corrected chi connectivity index (χ1v) is 9.60. The van der Waals surface area contributed by atoms with E-state index in [1.165, 1.54) is 0 Å². The maximum atomic E-state index is 12.8. The number of amides is 1. The van der Waals surface area contributed by atoms with Crippen molar-refractivity contribution in [2.45, 2.75) is 51.8 Å². The Morgan fingerprint density at radius 3 is 3.00 bits per heavy atom. The Morgan fingerprint density at radius 2 is 2.19 bits per heavy atom. The fourth-order valence-corrected chi connectivity index (χ4v) is 3.58. The maximum Gasteiger partial charge on any atom is 0.223 e. The molecule has 4 rings (SSSR count). The second kappa shape index (κ2) is 7.52. The van der Waals surface area contributed by atoms with Gasteiger partial charge in [0.25, 0.3) is 0 Å². The topological polar surface area (TPSA) is 87.0 Å². The van der Waals surface area contributed by atoms with Gasteiger partial charge in [0.1, 0.15) is 5.82 Å². The van der Waals surface area contributed by atoms with Gasteiger partial charge in [0.05, 0.1) is 35.1 Å². The molecule has 0 unspecified atom stereocenters. The number of para-hydroxylation sites is 2. The molecule has 1 aromatic carbocycles. The summed E-state index contributed by atoms with van der Waals surface area (Å²) in [4.78, 5) is 22.5. The molecule has 1 atom stereocenters. The van der Waals surface area contributed by atoms with Gasteiger partial charge in [-0.15, -0.1) is 0 Å². The largest absolute Gasteiger partial charge is 0.387 e. The number of aromatic amines is 1. The molecule has 7 heteroatoms. The number of fused-ring (bicyclic) bond motifs is 2. The van der Waals surface area contributed by atoms with Crippen LogP contribution in [0.25, 0.3) is 11.0 Å². The van der Waals surface area contributed by atoms with Gasteiger partial charge in [0.2, 0.25) is 5.91 Å². The standard InChI is InChI=1S/C20H25N5O2/c1-2-18(26)17-12-14-13-24(10-5-11-25(14)23-17)20(27)9-8-19-21-15-6-3-4-7-16(15)22-19/h3-4,6-7,12,18,26H,2,5,8-11,13H2,1H3,(H,21,22)/t18-/m1/s1. The molecule has 0 saturated heterocycles. The maximum absolute atomic E-state index is 12.8. The van der Waals surface area contributed by atoms with Crippen molar-refractivity contribution < 1.29 is 9.90 Å². The van der Waals surface area contributed by atoms with Gasteiger partial charge in [-0.3, -0.25) is 9.48 Å². The summed E-state index contributed by atoms with van der Waals surface area (Å²) < 4.78 is 1.93. The van der Waals surface area contributed by atoms with Crippen LogP contribution in [0.1, 0.15) is 49.5 Å². The highest BCUT2D eigenvalue weighted by Gasteiger charge is 2.22. The fraction of sp³-hybridized carbons (Fsp3) is 0.450. The van der Waals surface area contributed by atoms with Crippen molar-refractivity contribution in [3.05, 3.63) is 47.5 Å². The van der Waals surface area contributed by atoms with Gasteiger partial charge in [0, 0.05) is 25.9 Å². The summed E-state index contributed by atoms with van der Waals surface area (Å²) in [6, 6.07) is 9.82. The molecule has 2 aromatic heterocycles. The Kier molecular flexibility index (Phi) is 4.94. The van der Waals surface area contributed by atoms with Crippen molar-refractivity contribution in [1.29, 1.82) is 0 Å². The average Bonchev–Trinajstić information content (AvgIpc) is 3.23. The van der Waals surface area contributed by atoms with Crippen LogP contribution in [0.15, 0.2) is 30.3 Å². The average molecular weight is 367 g/mol. The zero-order chi connectivity index (χ0) is 18.8. The second-order valence-electron chi connectivity index (χ2n) is 7.08. The molecule has 142 valence electrons.